The fourth-order valence-electron chi connectivity index (χ4n) is 3.91. The van der Waals surface area contributed by atoms with Crippen molar-refractivity contribution in [2.45, 2.75) is 32.7 Å². The number of aryl methyl sites for hydroxylation is 1. The largest absolute Gasteiger partial charge is 0.356 e. The zero-order valence-electron chi connectivity index (χ0n) is 15.8. The van der Waals surface area contributed by atoms with Crippen molar-refractivity contribution in [2.75, 3.05) is 49.1 Å². The lowest BCUT2D eigenvalue weighted by molar-refractivity contribution is 0.248. The molecule has 0 amide bonds. The number of piperidine rings is 1. The highest BCUT2D eigenvalue weighted by molar-refractivity contribution is 5.46. The number of hydrogen-bond acceptors (Lipinski definition) is 5. The minimum Gasteiger partial charge on any atom is -0.356 e. The number of benzene rings is 1. The van der Waals surface area contributed by atoms with Gasteiger partial charge >= 0.3 is 0 Å². The Labute approximate surface area is 156 Å². The number of anilines is 2. The second-order valence-corrected chi connectivity index (χ2v) is 7.46. The van der Waals surface area contributed by atoms with E-state index in [1.165, 1.54) is 24.8 Å². The predicted molar refractivity (Wildman–Crippen MR) is 107 cm³/mol. The summed E-state index contributed by atoms with van der Waals surface area (Å²) in [5.74, 6) is 2.02. The summed E-state index contributed by atoms with van der Waals surface area (Å²) < 4.78 is 0. The Morgan fingerprint density at radius 1 is 0.808 bits per heavy atom. The van der Waals surface area contributed by atoms with Gasteiger partial charge in [0.05, 0.1) is 0 Å². The molecule has 0 spiro atoms. The van der Waals surface area contributed by atoms with Crippen LogP contribution < -0.4 is 9.80 Å². The molecule has 2 aliphatic rings. The van der Waals surface area contributed by atoms with Crippen LogP contribution in [0, 0.1) is 6.92 Å². The fraction of sp³-hybridized carbons (Fsp3) is 0.524. The molecule has 2 saturated heterocycles. The molecule has 5 nitrogen and oxygen atoms in total. The third-order valence-corrected chi connectivity index (χ3v) is 5.41. The van der Waals surface area contributed by atoms with Gasteiger partial charge in [-0.25, -0.2) is 4.98 Å². The number of hydrogen-bond donors (Lipinski definition) is 0. The second kappa shape index (κ2) is 8.04. The molecule has 1 aromatic heterocycles. The molecule has 138 valence electrons. The molecule has 2 aliphatic heterocycles. The lowest BCUT2D eigenvalue weighted by atomic mass is 10.1. The van der Waals surface area contributed by atoms with Crippen LogP contribution in [0.2, 0.25) is 0 Å². The van der Waals surface area contributed by atoms with E-state index in [1.807, 2.05) is 0 Å². The minimum atomic E-state index is 0.907. The van der Waals surface area contributed by atoms with Crippen LogP contribution in [0.5, 0.6) is 0 Å². The zero-order valence-corrected chi connectivity index (χ0v) is 15.8. The van der Waals surface area contributed by atoms with E-state index >= 15 is 0 Å². The number of piperazine rings is 1. The number of rotatable bonds is 4. The van der Waals surface area contributed by atoms with E-state index in [1.54, 1.807) is 0 Å². The second-order valence-electron chi connectivity index (χ2n) is 7.46. The summed E-state index contributed by atoms with van der Waals surface area (Å²) in [6.45, 7) is 9.48. The number of nitrogens with zero attached hydrogens (tertiary/aromatic N) is 5. The SMILES string of the molecule is Cc1cc(N2CCCCC2)nc(N2CCN(Cc3ccccc3)CC2)n1. The Bertz CT molecular complexity index is 704. The third kappa shape index (κ3) is 4.15. The molecule has 0 aliphatic carbocycles. The Morgan fingerprint density at radius 3 is 2.27 bits per heavy atom. The number of aromatic nitrogens is 2. The molecular weight excluding hydrogens is 322 g/mol. The highest BCUT2D eigenvalue weighted by atomic mass is 15.3. The smallest absolute Gasteiger partial charge is 0.227 e. The molecule has 4 rings (SSSR count). The van der Waals surface area contributed by atoms with Crippen LogP contribution in [0.25, 0.3) is 0 Å². The molecule has 5 heteroatoms. The molecule has 0 radical (unpaired) electrons. The van der Waals surface area contributed by atoms with Crippen LogP contribution >= 0.6 is 0 Å². The van der Waals surface area contributed by atoms with Gasteiger partial charge in [-0.2, -0.15) is 4.98 Å². The van der Waals surface area contributed by atoms with E-state index in [9.17, 15) is 0 Å². The van der Waals surface area contributed by atoms with Crippen molar-refractivity contribution in [3.05, 3.63) is 47.7 Å². The Balaban J connectivity index is 1.40. The topological polar surface area (TPSA) is 35.5 Å². The van der Waals surface area contributed by atoms with Crippen molar-refractivity contribution in [3.8, 4) is 0 Å². The first-order valence-corrected chi connectivity index (χ1v) is 9.90. The average molecular weight is 351 g/mol. The summed E-state index contributed by atoms with van der Waals surface area (Å²) >= 11 is 0. The lowest BCUT2D eigenvalue weighted by Crippen LogP contribution is -2.46. The van der Waals surface area contributed by atoms with Crippen molar-refractivity contribution >= 4 is 11.8 Å². The zero-order chi connectivity index (χ0) is 17.8. The predicted octanol–water partition coefficient (Wildman–Crippen LogP) is 3.10. The van der Waals surface area contributed by atoms with Gasteiger partial charge in [-0.05, 0) is 31.7 Å². The summed E-state index contributed by atoms with van der Waals surface area (Å²) in [4.78, 5) is 16.9. The van der Waals surface area contributed by atoms with Gasteiger partial charge in [0.1, 0.15) is 5.82 Å². The van der Waals surface area contributed by atoms with Crippen LogP contribution in [0.4, 0.5) is 11.8 Å². The van der Waals surface area contributed by atoms with Gasteiger partial charge in [0.2, 0.25) is 5.95 Å². The Kier molecular flexibility index (Phi) is 5.34. The van der Waals surface area contributed by atoms with Crippen molar-refractivity contribution in [1.82, 2.24) is 14.9 Å². The average Bonchev–Trinajstić information content (AvgIpc) is 2.70. The van der Waals surface area contributed by atoms with Crippen LogP contribution in [-0.4, -0.2) is 54.1 Å². The van der Waals surface area contributed by atoms with Gasteiger partial charge in [-0.3, -0.25) is 4.90 Å². The highest BCUT2D eigenvalue weighted by Crippen LogP contribution is 2.22. The molecule has 3 heterocycles. The van der Waals surface area contributed by atoms with E-state index in [2.05, 4.69) is 58.0 Å². The first-order valence-electron chi connectivity index (χ1n) is 9.90. The van der Waals surface area contributed by atoms with Crippen molar-refractivity contribution in [2.24, 2.45) is 0 Å². The Morgan fingerprint density at radius 2 is 1.54 bits per heavy atom. The van der Waals surface area contributed by atoms with Crippen LogP contribution in [0.1, 0.15) is 30.5 Å². The molecule has 0 atom stereocenters. The van der Waals surface area contributed by atoms with Crippen LogP contribution in [0.15, 0.2) is 36.4 Å². The third-order valence-electron chi connectivity index (χ3n) is 5.41. The van der Waals surface area contributed by atoms with Crippen molar-refractivity contribution in [1.29, 1.82) is 0 Å². The summed E-state index contributed by atoms with van der Waals surface area (Å²) in [6, 6.07) is 12.9. The van der Waals surface area contributed by atoms with Gasteiger partial charge in [0.15, 0.2) is 0 Å². The minimum absolute atomic E-state index is 0.907. The van der Waals surface area contributed by atoms with Crippen molar-refractivity contribution < 1.29 is 0 Å². The molecular formula is C21H29N5. The standard InChI is InChI=1S/C21H29N5/c1-18-16-20(25-10-6-3-7-11-25)23-21(22-18)26-14-12-24(13-15-26)17-19-8-4-2-5-9-19/h2,4-5,8-9,16H,3,6-7,10-15,17H2,1H3. The van der Waals surface area contributed by atoms with E-state index in [0.717, 1.165) is 63.3 Å². The van der Waals surface area contributed by atoms with E-state index in [0.29, 0.717) is 0 Å². The summed E-state index contributed by atoms with van der Waals surface area (Å²) in [5, 5.41) is 0. The van der Waals surface area contributed by atoms with Crippen LogP contribution in [-0.2, 0) is 6.54 Å². The van der Waals surface area contributed by atoms with E-state index in [-0.39, 0.29) is 0 Å². The summed E-state index contributed by atoms with van der Waals surface area (Å²) in [5.41, 5.74) is 2.46. The van der Waals surface area contributed by atoms with Gasteiger partial charge in [0, 0.05) is 57.6 Å². The maximum Gasteiger partial charge on any atom is 0.227 e. The first kappa shape index (κ1) is 17.3. The Hall–Kier alpha value is -2.14. The van der Waals surface area contributed by atoms with Gasteiger partial charge in [-0.15, -0.1) is 0 Å². The molecule has 1 aromatic carbocycles. The lowest BCUT2D eigenvalue weighted by Gasteiger charge is -2.35. The molecule has 2 aromatic rings. The summed E-state index contributed by atoms with van der Waals surface area (Å²) in [6.07, 6.45) is 3.89. The molecule has 0 bridgehead atoms. The highest BCUT2D eigenvalue weighted by Gasteiger charge is 2.21. The maximum absolute atomic E-state index is 4.91. The summed E-state index contributed by atoms with van der Waals surface area (Å²) in [7, 11) is 0. The van der Waals surface area contributed by atoms with Gasteiger partial charge in [-0.1, -0.05) is 30.3 Å². The van der Waals surface area contributed by atoms with Gasteiger partial charge in [0.25, 0.3) is 0 Å². The van der Waals surface area contributed by atoms with E-state index in [4.69, 9.17) is 9.97 Å². The van der Waals surface area contributed by atoms with E-state index < -0.39 is 0 Å². The molecule has 2 fully saturated rings. The molecule has 0 saturated carbocycles. The van der Waals surface area contributed by atoms with Crippen LogP contribution in [0.3, 0.4) is 0 Å². The quantitative estimate of drug-likeness (QED) is 0.846. The normalized spacial score (nSPS) is 19.0. The fourth-order valence-corrected chi connectivity index (χ4v) is 3.91. The van der Waals surface area contributed by atoms with Crippen molar-refractivity contribution in [3.63, 3.8) is 0 Å². The monoisotopic (exact) mass is 351 g/mol. The first-order chi connectivity index (χ1) is 12.8. The molecule has 0 unspecified atom stereocenters. The van der Waals surface area contributed by atoms with Gasteiger partial charge < -0.3 is 9.80 Å². The molecule has 0 N–H and O–H groups in total. The molecule has 26 heavy (non-hydrogen) atoms. The maximum atomic E-state index is 4.91.